The maximum atomic E-state index is 11.6. The highest BCUT2D eigenvalue weighted by Gasteiger charge is 2.25. The van der Waals surface area contributed by atoms with Crippen LogP contribution < -0.4 is 10.2 Å². The normalized spacial score (nSPS) is 20.2. The van der Waals surface area contributed by atoms with Crippen LogP contribution in [0.1, 0.15) is 37.7 Å². The average molecular weight is 364 g/mol. The molecule has 1 aromatic rings. The molecule has 0 aromatic carbocycles. The number of hydrogen-bond acceptors (Lipinski definition) is 7. The van der Waals surface area contributed by atoms with Crippen molar-refractivity contribution in [3.8, 4) is 6.07 Å². The lowest BCUT2D eigenvalue weighted by molar-refractivity contribution is 0.331. The monoisotopic (exact) mass is 364 g/mol. The van der Waals surface area contributed by atoms with Gasteiger partial charge in [-0.2, -0.15) is 10.2 Å². The Hall–Kier alpha value is -1.92. The lowest BCUT2D eigenvalue weighted by Gasteiger charge is -2.31. The third kappa shape index (κ3) is 4.38. The predicted octanol–water partition coefficient (Wildman–Crippen LogP) is 1.17. The van der Waals surface area contributed by atoms with Crippen LogP contribution in [-0.4, -0.2) is 61.2 Å². The molecule has 2 saturated heterocycles. The van der Waals surface area contributed by atoms with Gasteiger partial charge in [0.15, 0.2) is 5.82 Å². The van der Waals surface area contributed by atoms with E-state index in [0.29, 0.717) is 30.4 Å². The molecule has 0 saturated carbocycles. The van der Waals surface area contributed by atoms with Crippen LogP contribution in [-0.2, 0) is 10.0 Å². The van der Waals surface area contributed by atoms with E-state index in [2.05, 4.69) is 26.3 Å². The van der Waals surface area contributed by atoms with E-state index in [1.165, 1.54) is 17.0 Å². The molecule has 0 aliphatic carbocycles. The molecule has 0 atom stereocenters. The van der Waals surface area contributed by atoms with Crippen LogP contribution in [0.4, 0.5) is 11.8 Å². The van der Waals surface area contributed by atoms with E-state index >= 15 is 0 Å². The summed E-state index contributed by atoms with van der Waals surface area (Å²) in [5.41, 5.74) is 0.499. The highest BCUT2D eigenvalue weighted by molar-refractivity contribution is 7.88. The van der Waals surface area contributed by atoms with Crippen LogP contribution in [0, 0.1) is 11.3 Å². The van der Waals surface area contributed by atoms with Gasteiger partial charge in [-0.15, -0.1) is 0 Å². The van der Waals surface area contributed by atoms with Crippen molar-refractivity contribution in [2.75, 3.05) is 42.7 Å². The highest BCUT2D eigenvalue weighted by atomic mass is 32.2. The summed E-state index contributed by atoms with van der Waals surface area (Å²) >= 11 is 0. The zero-order chi connectivity index (χ0) is 17.9. The molecule has 1 N–H and O–H groups in total. The summed E-state index contributed by atoms with van der Waals surface area (Å²) < 4.78 is 24.7. The number of piperidine rings is 2. The number of nitrogens with zero attached hydrogens (tertiary/aromatic N) is 5. The van der Waals surface area contributed by atoms with E-state index < -0.39 is 10.0 Å². The summed E-state index contributed by atoms with van der Waals surface area (Å²) in [4.78, 5) is 11.0. The molecule has 0 spiro atoms. The Morgan fingerprint density at radius 3 is 2.48 bits per heavy atom. The number of sulfonamides is 1. The highest BCUT2D eigenvalue weighted by Crippen LogP contribution is 2.23. The summed E-state index contributed by atoms with van der Waals surface area (Å²) in [6.07, 6.45) is 7.70. The summed E-state index contributed by atoms with van der Waals surface area (Å²) in [7, 11) is -3.12. The molecule has 0 bridgehead atoms. The molecule has 25 heavy (non-hydrogen) atoms. The molecule has 8 nitrogen and oxygen atoms in total. The fourth-order valence-electron chi connectivity index (χ4n) is 3.38. The topological polar surface area (TPSA) is 102 Å². The van der Waals surface area contributed by atoms with Crippen LogP contribution in [0.3, 0.4) is 0 Å². The average Bonchev–Trinajstić information content (AvgIpc) is 2.62. The van der Waals surface area contributed by atoms with Gasteiger partial charge >= 0.3 is 0 Å². The van der Waals surface area contributed by atoms with Crippen molar-refractivity contribution in [2.24, 2.45) is 0 Å². The molecule has 136 valence electrons. The minimum Gasteiger partial charge on any atom is -0.355 e. The molecule has 0 amide bonds. The molecule has 2 aliphatic rings. The Labute approximate surface area is 148 Å². The fourth-order valence-corrected chi connectivity index (χ4v) is 4.26. The Morgan fingerprint density at radius 2 is 1.88 bits per heavy atom. The van der Waals surface area contributed by atoms with E-state index in [9.17, 15) is 13.7 Å². The first kappa shape index (κ1) is 17.9. The molecule has 0 radical (unpaired) electrons. The Morgan fingerprint density at radius 1 is 1.20 bits per heavy atom. The first-order valence-corrected chi connectivity index (χ1v) is 10.6. The standard InChI is InChI=1S/C16H24N6O2S/c1-25(23,24)22-9-5-14(6-10-22)19-16-18-12-13(11-17)15(20-16)21-7-3-2-4-8-21/h12,14H,2-10H2,1H3,(H,18,19,20). The molecule has 0 unspecified atom stereocenters. The SMILES string of the molecule is CS(=O)(=O)N1CCC(Nc2ncc(C#N)c(N3CCCCC3)n2)CC1. The molecule has 3 heterocycles. The number of rotatable bonds is 4. The van der Waals surface area contributed by atoms with Gasteiger partial charge in [-0.05, 0) is 32.1 Å². The minimum atomic E-state index is -3.12. The zero-order valence-electron chi connectivity index (χ0n) is 14.5. The van der Waals surface area contributed by atoms with E-state index in [1.807, 2.05) is 0 Å². The molecule has 2 aliphatic heterocycles. The van der Waals surface area contributed by atoms with Crippen molar-refractivity contribution in [1.29, 1.82) is 5.26 Å². The third-order valence-corrected chi connectivity index (χ3v) is 6.10. The van der Waals surface area contributed by atoms with Crippen molar-refractivity contribution in [3.05, 3.63) is 11.8 Å². The molecular weight excluding hydrogens is 340 g/mol. The molecule has 2 fully saturated rings. The van der Waals surface area contributed by atoms with Crippen LogP contribution in [0.2, 0.25) is 0 Å². The number of aromatic nitrogens is 2. The van der Waals surface area contributed by atoms with Crippen LogP contribution in [0.5, 0.6) is 0 Å². The van der Waals surface area contributed by atoms with Gasteiger partial charge in [0.2, 0.25) is 16.0 Å². The predicted molar refractivity (Wildman–Crippen MR) is 95.9 cm³/mol. The summed E-state index contributed by atoms with van der Waals surface area (Å²) in [6, 6.07) is 2.32. The smallest absolute Gasteiger partial charge is 0.224 e. The number of nitrogens with one attached hydrogen (secondary N) is 1. The third-order valence-electron chi connectivity index (χ3n) is 4.80. The van der Waals surface area contributed by atoms with Gasteiger partial charge in [-0.1, -0.05) is 0 Å². The fraction of sp³-hybridized carbons (Fsp3) is 0.688. The van der Waals surface area contributed by atoms with Gasteiger partial charge in [0.05, 0.1) is 12.5 Å². The van der Waals surface area contributed by atoms with Gasteiger partial charge in [-0.3, -0.25) is 0 Å². The van der Waals surface area contributed by atoms with Crippen molar-refractivity contribution in [2.45, 2.75) is 38.1 Å². The van der Waals surface area contributed by atoms with Crippen molar-refractivity contribution < 1.29 is 8.42 Å². The Balaban J connectivity index is 1.68. The van der Waals surface area contributed by atoms with Crippen LogP contribution >= 0.6 is 0 Å². The van der Waals surface area contributed by atoms with Crippen LogP contribution in [0.25, 0.3) is 0 Å². The van der Waals surface area contributed by atoms with Crippen molar-refractivity contribution in [3.63, 3.8) is 0 Å². The first-order chi connectivity index (χ1) is 12.0. The second kappa shape index (κ2) is 7.54. The van der Waals surface area contributed by atoms with Gasteiger partial charge in [0.25, 0.3) is 0 Å². The summed E-state index contributed by atoms with van der Waals surface area (Å²) in [5, 5.41) is 12.6. The minimum absolute atomic E-state index is 0.139. The van der Waals surface area contributed by atoms with E-state index in [-0.39, 0.29) is 6.04 Å². The van der Waals surface area contributed by atoms with Crippen LogP contribution in [0.15, 0.2) is 6.20 Å². The molecule has 1 aromatic heterocycles. The van der Waals surface area contributed by atoms with E-state index in [0.717, 1.165) is 38.8 Å². The lowest BCUT2D eigenvalue weighted by atomic mass is 10.1. The lowest BCUT2D eigenvalue weighted by Crippen LogP contribution is -2.42. The zero-order valence-corrected chi connectivity index (χ0v) is 15.3. The molecule has 9 heteroatoms. The Bertz CT molecular complexity index is 746. The van der Waals surface area contributed by atoms with Gasteiger partial charge in [0, 0.05) is 32.2 Å². The second-order valence-electron chi connectivity index (χ2n) is 6.67. The largest absolute Gasteiger partial charge is 0.355 e. The second-order valence-corrected chi connectivity index (χ2v) is 8.65. The maximum Gasteiger partial charge on any atom is 0.224 e. The van der Waals surface area contributed by atoms with Gasteiger partial charge in [-0.25, -0.2) is 17.7 Å². The van der Waals surface area contributed by atoms with Gasteiger partial charge < -0.3 is 10.2 Å². The number of anilines is 2. The Kier molecular flexibility index (Phi) is 5.39. The number of hydrogen-bond donors (Lipinski definition) is 1. The first-order valence-electron chi connectivity index (χ1n) is 8.71. The molecular formula is C16H24N6O2S. The van der Waals surface area contributed by atoms with Crippen molar-refractivity contribution >= 4 is 21.8 Å². The maximum absolute atomic E-state index is 11.6. The molecule has 3 rings (SSSR count). The summed E-state index contributed by atoms with van der Waals surface area (Å²) in [6.45, 7) is 2.84. The van der Waals surface area contributed by atoms with Crippen molar-refractivity contribution in [1.82, 2.24) is 14.3 Å². The van der Waals surface area contributed by atoms with E-state index in [1.54, 1.807) is 6.20 Å². The van der Waals surface area contributed by atoms with Gasteiger partial charge in [0.1, 0.15) is 11.6 Å². The quantitative estimate of drug-likeness (QED) is 0.855. The van der Waals surface area contributed by atoms with E-state index in [4.69, 9.17) is 0 Å². The number of nitriles is 1. The summed E-state index contributed by atoms with van der Waals surface area (Å²) in [5.74, 6) is 1.21.